The average Bonchev–Trinajstić information content (AvgIpc) is 3.41. The summed E-state index contributed by atoms with van der Waals surface area (Å²) in [6, 6.07) is 3.98. The summed E-state index contributed by atoms with van der Waals surface area (Å²) in [5, 5.41) is 12.1. The third-order valence-electron chi connectivity index (χ3n) is 7.78. The van der Waals surface area contributed by atoms with E-state index in [-0.39, 0.29) is 29.4 Å². The number of ether oxygens (including phenoxy) is 2. The number of amides is 1. The summed E-state index contributed by atoms with van der Waals surface area (Å²) in [6.07, 6.45) is 6.17. The lowest BCUT2D eigenvalue weighted by Gasteiger charge is -2.63. The summed E-state index contributed by atoms with van der Waals surface area (Å²) in [7, 11) is 1.68. The number of aliphatic hydroxyl groups is 1. The van der Waals surface area contributed by atoms with E-state index in [9.17, 15) is 9.90 Å². The van der Waals surface area contributed by atoms with Gasteiger partial charge in [-0.2, -0.15) is 0 Å². The van der Waals surface area contributed by atoms with Crippen LogP contribution in [0.2, 0.25) is 0 Å². The minimum Gasteiger partial charge on any atom is -0.493 e. The lowest BCUT2D eigenvalue weighted by molar-refractivity contribution is -0.191. The Kier molecular flexibility index (Phi) is 2.80. The number of benzene rings is 1. The first kappa shape index (κ1) is 15.3. The van der Waals surface area contributed by atoms with Crippen LogP contribution in [-0.4, -0.2) is 47.3 Å². The standard InChI is InChI=1S/C21H25NO4/c1-25-14-7-6-13-11-15-21(24)8-2-3-16-20(21,17(13)18(14)26-16)9-10-22(15)19(23)12-4-5-12/h6-7,12,15-16,24H,2-5,8-11H2,1H3/t15-,16+,20-,21-/m1/s1. The van der Waals surface area contributed by atoms with Gasteiger partial charge in [-0.3, -0.25) is 4.79 Å². The molecule has 0 unspecified atom stereocenters. The van der Waals surface area contributed by atoms with Crippen molar-refractivity contribution in [2.24, 2.45) is 5.92 Å². The van der Waals surface area contributed by atoms with Crippen molar-refractivity contribution in [2.45, 2.75) is 68.1 Å². The van der Waals surface area contributed by atoms with E-state index in [1.54, 1.807) is 7.11 Å². The Labute approximate surface area is 153 Å². The number of nitrogens with zero attached hydrogens (tertiary/aromatic N) is 1. The van der Waals surface area contributed by atoms with Gasteiger partial charge in [-0.25, -0.2) is 0 Å². The van der Waals surface area contributed by atoms with E-state index < -0.39 is 5.60 Å². The Bertz CT molecular complexity index is 818. The number of methoxy groups -OCH3 is 1. The molecule has 5 nitrogen and oxygen atoms in total. The summed E-state index contributed by atoms with van der Waals surface area (Å²) in [4.78, 5) is 15.0. The zero-order valence-corrected chi connectivity index (χ0v) is 15.2. The van der Waals surface area contributed by atoms with Crippen molar-refractivity contribution in [3.05, 3.63) is 23.3 Å². The van der Waals surface area contributed by atoms with Crippen LogP contribution in [0.4, 0.5) is 0 Å². The third kappa shape index (κ3) is 1.56. The van der Waals surface area contributed by atoms with Gasteiger partial charge in [0.25, 0.3) is 0 Å². The number of piperidine rings is 1. The van der Waals surface area contributed by atoms with Crippen LogP contribution >= 0.6 is 0 Å². The molecule has 138 valence electrons. The highest BCUT2D eigenvalue weighted by Crippen LogP contribution is 2.65. The summed E-state index contributed by atoms with van der Waals surface area (Å²) in [6.45, 7) is 0.734. The average molecular weight is 355 g/mol. The molecule has 1 spiro atoms. The number of carbonyl (C=O) groups is 1. The van der Waals surface area contributed by atoms with Crippen molar-refractivity contribution in [1.82, 2.24) is 4.90 Å². The van der Waals surface area contributed by atoms with Crippen LogP contribution in [-0.2, 0) is 16.6 Å². The van der Waals surface area contributed by atoms with E-state index in [4.69, 9.17) is 9.47 Å². The second kappa shape index (κ2) is 4.75. The number of carbonyl (C=O) groups excluding carboxylic acids is 1. The molecule has 1 N–H and O–H groups in total. The highest BCUT2D eigenvalue weighted by atomic mass is 16.5. The first-order valence-electron chi connectivity index (χ1n) is 10.00. The van der Waals surface area contributed by atoms with E-state index in [2.05, 4.69) is 6.07 Å². The van der Waals surface area contributed by atoms with E-state index in [1.807, 2.05) is 11.0 Å². The molecule has 26 heavy (non-hydrogen) atoms. The fourth-order valence-corrected chi connectivity index (χ4v) is 6.52. The molecular weight excluding hydrogens is 330 g/mol. The second-order valence-corrected chi connectivity index (χ2v) is 8.80. The fourth-order valence-electron chi connectivity index (χ4n) is 6.52. The van der Waals surface area contributed by atoms with Gasteiger partial charge < -0.3 is 19.5 Å². The number of rotatable bonds is 2. The highest BCUT2D eigenvalue weighted by Gasteiger charge is 2.71. The van der Waals surface area contributed by atoms with Gasteiger partial charge in [0.15, 0.2) is 11.5 Å². The van der Waals surface area contributed by atoms with Gasteiger partial charge in [0.05, 0.1) is 24.2 Å². The van der Waals surface area contributed by atoms with Gasteiger partial charge in [-0.15, -0.1) is 0 Å². The van der Waals surface area contributed by atoms with Crippen LogP contribution in [0.5, 0.6) is 11.5 Å². The molecule has 1 amide bonds. The van der Waals surface area contributed by atoms with Crippen LogP contribution in [0, 0.1) is 5.92 Å². The molecule has 2 aliphatic heterocycles. The molecule has 3 fully saturated rings. The molecule has 2 heterocycles. The lowest BCUT2D eigenvalue weighted by atomic mass is 9.49. The van der Waals surface area contributed by atoms with Crippen molar-refractivity contribution >= 4 is 5.91 Å². The van der Waals surface area contributed by atoms with E-state index in [0.29, 0.717) is 0 Å². The molecule has 6 rings (SSSR count). The predicted molar refractivity (Wildman–Crippen MR) is 94.4 cm³/mol. The summed E-state index contributed by atoms with van der Waals surface area (Å²) in [5.41, 5.74) is 1.14. The molecule has 1 aromatic carbocycles. The second-order valence-electron chi connectivity index (χ2n) is 8.80. The topological polar surface area (TPSA) is 59.0 Å². The SMILES string of the molecule is COc1ccc2c3c1O[C@H]1CCC[C@@]4(O)[C@@H](C2)N(C(=O)C2CC2)CC[C@]314. The van der Waals surface area contributed by atoms with Gasteiger partial charge in [-0.1, -0.05) is 6.07 Å². The summed E-state index contributed by atoms with van der Waals surface area (Å²) in [5.74, 6) is 2.07. The summed E-state index contributed by atoms with van der Waals surface area (Å²) >= 11 is 0. The molecule has 2 bridgehead atoms. The molecule has 1 aromatic rings. The van der Waals surface area contributed by atoms with Gasteiger partial charge in [-0.05, 0) is 56.6 Å². The van der Waals surface area contributed by atoms with E-state index in [1.165, 1.54) is 11.1 Å². The third-order valence-corrected chi connectivity index (χ3v) is 7.78. The Balaban J connectivity index is 1.56. The maximum atomic E-state index is 12.9. The molecule has 0 radical (unpaired) electrons. The van der Waals surface area contributed by atoms with Gasteiger partial charge in [0, 0.05) is 18.0 Å². The highest BCUT2D eigenvalue weighted by molar-refractivity contribution is 5.82. The van der Waals surface area contributed by atoms with Gasteiger partial charge >= 0.3 is 0 Å². The lowest BCUT2D eigenvalue weighted by Crippen LogP contribution is -2.75. The monoisotopic (exact) mass is 355 g/mol. The molecule has 5 aliphatic rings. The van der Waals surface area contributed by atoms with Gasteiger partial charge in [0.1, 0.15) is 6.10 Å². The Morgan fingerprint density at radius 1 is 1.31 bits per heavy atom. The zero-order chi connectivity index (χ0) is 17.7. The first-order valence-corrected chi connectivity index (χ1v) is 10.00. The van der Waals surface area contributed by atoms with Crippen molar-refractivity contribution in [1.29, 1.82) is 0 Å². The van der Waals surface area contributed by atoms with E-state index in [0.717, 1.165) is 63.0 Å². The predicted octanol–water partition coefficient (Wildman–Crippen LogP) is 2.18. The number of hydrogen-bond acceptors (Lipinski definition) is 4. The number of hydrogen-bond donors (Lipinski definition) is 1. The quantitative estimate of drug-likeness (QED) is 0.883. The molecular formula is C21H25NO4. The van der Waals surface area contributed by atoms with Crippen LogP contribution in [0.3, 0.4) is 0 Å². The molecule has 4 atom stereocenters. The largest absolute Gasteiger partial charge is 0.493 e. The Morgan fingerprint density at radius 3 is 2.92 bits per heavy atom. The minimum absolute atomic E-state index is 0.00715. The first-order chi connectivity index (χ1) is 12.6. The van der Waals surface area contributed by atoms with Crippen LogP contribution in [0.15, 0.2) is 12.1 Å². The van der Waals surface area contributed by atoms with Crippen LogP contribution in [0.25, 0.3) is 0 Å². The summed E-state index contributed by atoms with van der Waals surface area (Å²) < 4.78 is 12.0. The minimum atomic E-state index is -0.886. The molecule has 0 aromatic heterocycles. The molecule has 1 saturated heterocycles. The van der Waals surface area contributed by atoms with Crippen LogP contribution in [0.1, 0.15) is 49.7 Å². The van der Waals surface area contributed by atoms with E-state index >= 15 is 0 Å². The molecule has 2 saturated carbocycles. The Morgan fingerprint density at radius 2 is 2.15 bits per heavy atom. The maximum absolute atomic E-state index is 12.9. The van der Waals surface area contributed by atoms with Crippen molar-refractivity contribution in [3.8, 4) is 11.5 Å². The van der Waals surface area contributed by atoms with Gasteiger partial charge in [0.2, 0.25) is 5.91 Å². The number of likely N-dealkylation sites (tertiary alicyclic amines) is 1. The maximum Gasteiger partial charge on any atom is 0.226 e. The van der Waals surface area contributed by atoms with Crippen molar-refractivity contribution in [2.75, 3.05) is 13.7 Å². The molecule has 3 aliphatic carbocycles. The Hall–Kier alpha value is -1.75. The molecule has 5 heteroatoms. The normalized spacial score (nSPS) is 39.2. The van der Waals surface area contributed by atoms with Crippen molar-refractivity contribution < 1.29 is 19.4 Å². The van der Waals surface area contributed by atoms with Crippen LogP contribution < -0.4 is 9.47 Å². The zero-order valence-electron chi connectivity index (χ0n) is 15.2. The fraction of sp³-hybridized carbons (Fsp3) is 0.667. The van der Waals surface area contributed by atoms with Crippen molar-refractivity contribution in [3.63, 3.8) is 0 Å². The smallest absolute Gasteiger partial charge is 0.226 e.